The van der Waals surface area contributed by atoms with Crippen molar-refractivity contribution in [2.75, 3.05) is 0 Å². The predicted molar refractivity (Wildman–Crippen MR) is 120 cm³/mol. The zero-order valence-corrected chi connectivity index (χ0v) is 18.8. The lowest BCUT2D eigenvalue weighted by molar-refractivity contribution is -0.274. The van der Waals surface area contributed by atoms with Crippen LogP contribution in [0.15, 0.2) is 30.3 Å². The molecule has 0 atom stereocenters. The van der Waals surface area contributed by atoms with Gasteiger partial charge in [-0.25, -0.2) is 8.78 Å². The van der Waals surface area contributed by atoms with Crippen molar-refractivity contribution in [1.29, 1.82) is 0 Å². The van der Waals surface area contributed by atoms with E-state index < -0.39 is 18.0 Å². The average Bonchev–Trinajstić information content (AvgIpc) is 2.76. The molecule has 0 aromatic heterocycles. The van der Waals surface area contributed by atoms with Crippen LogP contribution in [0.25, 0.3) is 11.6 Å². The molecule has 0 saturated heterocycles. The molecule has 2 aromatic carbocycles. The van der Waals surface area contributed by atoms with Crippen LogP contribution in [-0.2, 0) is 6.42 Å². The summed E-state index contributed by atoms with van der Waals surface area (Å²) >= 11 is 0. The molecule has 33 heavy (non-hydrogen) atoms. The van der Waals surface area contributed by atoms with Crippen molar-refractivity contribution in [2.45, 2.75) is 77.0 Å². The molecule has 0 heterocycles. The molecular weight excluding hydrogens is 435 g/mol. The van der Waals surface area contributed by atoms with Gasteiger partial charge in [0.2, 0.25) is 0 Å². The molecule has 0 radical (unpaired) electrons. The van der Waals surface area contributed by atoms with Gasteiger partial charge in [0.15, 0.2) is 0 Å². The van der Waals surface area contributed by atoms with Crippen molar-refractivity contribution in [3.05, 3.63) is 64.2 Å². The number of hydrogen-bond acceptors (Lipinski definition) is 1. The van der Waals surface area contributed by atoms with Gasteiger partial charge in [0.05, 0.1) is 0 Å². The molecule has 4 rings (SSSR count). The van der Waals surface area contributed by atoms with Crippen LogP contribution in [0.4, 0.5) is 22.0 Å². The van der Waals surface area contributed by atoms with Crippen molar-refractivity contribution in [2.24, 2.45) is 5.92 Å². The molecule has 0 N–H and O–H groups in total. The highest BCUT2D eigenvalue weighted by molar-refractivity contribution is 5.85. The summed E-state index contributed by atoms with van der Waals surface area (Å²) in [4.78, 5) is 0. The SMILES string of the molecule is CCCCC1CCC(c2cc(F)c(C3=Cc4ccc(OC(F)(F)F)cc4CC3)c(F)c2)CC1. The van der Waals surface area contributed by atoms with Gasteiger partial charge in [0.25, 0.3) is 0 Å². The van der Waals surface area contributed by atoms with Gasteiger partial charge >= 0.3 is 6.36 Å². The predicted octanol–water partition coefficient (Wildman–Crippen LogP) is 8.81. The number of rotatable bonds is 6. The highest BCUT2D eigenvalue weighted by Gasteiger charge is 2.31. The maximum atomic E-state index is 15.1. The van der Waals surface area contributed by atoms with Crippen LogP contribution in [0.5, 0.6) is 5.75 Å². The molecule has 178 valence electrons. The van der Waals surface area contributed by atoms with Crippen LogP contribution in [0, 0.1) is 17.6 Å². The molecule has 1 nitrogen and oxygen atoms in total. The fraction of sp³-hybridized carbons (Fsp3) is 0.481. The largest absolute Gasteiger partial charge is 0.573 e. The minimum Gasteiger partial charge on any atom is -0.406 e. The van der Waals surface area contributed by atoms with E-state index in [1.807, 2.05) is 0 Å². The van der Waals surface area contributed by atoms with E-state index in [9.17, 15) is 13.2 Å². The Morgan fingerprint density at radius 1 is 0.939 bits per heavy atom. The molecule has 0 aliphatic heterocycles. The number of aryl methyl sites for hydroxylation is 1. The summed E-state index contributed by atoms with van der Waals surface area (Å²) in [5.74, 6) is -0.502. The second-order valence-corrected chi connectivity index (χ2v) is 9.30. The van der Waals surface area contributed by atoms with Crippen LogP contribution in [0.3, 0.4) is 0 Å². The van der Waals surface area contributed by atoms with E-state index in [4.69, 9.17) is 0 Å². The van der Waals surface area contributed by atoms with Crippen LogP contribution < -0.4 is 4.74 Å². The Bertz CT molecular complexity index is 993. The minimum atomic E-state index is -4.76. The van der Waals surface area contributed by atoms with Crippen molar-refractivity contribution in [3.8, 4) is 5.75 Å². The Balaban J connectivity index is 1.51. The van der Waals surface area contributed by atoms with Gasteiger partial charge in [-0.05, 0) is 96.9 Å². The third kappa shape index (κ3) is 5.77. The first-order valence-corrected chi connectivity index (χ1v) is 11.8. The molecule has 0 amide bonds. The molecule has 1 fully saturated rings. The van der Waals surface area contributed by atoms with E-state index in [0.29, 0.717) is 29.5 Å². The van der Waals surface area contributed by atoms with Crippen LogP contribution >= 0.6 is 0 Å². The lowest BCUT2D eigenvalue weighted by atomic mass is 9.76. The minimum absolute atomic E-state index is 0.0309. The van der Waals surface area contributed by atoms with Gasteiger partial charge in [-0.2, -0.15) is 0 Å². The summed E-state index contributed by atoms with van der Waals surface area (Å²) in [5.41, 5.74) is 2.54. The lowest BCUT2D eigenvalue weighted by Crippen LogP contribution is -2.17. The Labute approximate surface area is 191 Å². The zero-order chi connectivity index (χ0) is 23.6. The standard InChI is InChI=1S/C27H29F5O/c1-2-3-4-17-5-7-18(8-6-17)22-15-24(28)26(25(29)16-22)21-10-9-20-14-23(33-27(30,31)32)12-11-19(20)13-21/h11-18H,2-10H2,1H3. The molecule has 6 heteroatoms. The monoisotopic (exact) mass is 464 g/mol. The van der Waals surface area contributed by atoms with E-state index in [1.165, 1.54) is 49.6 Å². The number of halogens is 5. The van der Waals surface area contributed by atoms with Crippen LogP contribution in [0.2, 0.25) is 0 Å². The number of alkyl halides is 3. The molecule has 2 aliphatic carbocycles. The molecule has 0 bridgehead atoms. The first kappa shape index (κ1) is 23.8. The van der Waals surface area contributed by atoms with E-state index in [0.717, 1.165) is 37.2 Å². The maximum Gasteiger partial charge on any atom is 0.573 e. The molecule has 2 aromatic rings. The average molecular weight is 465 g/mol. The van der Waals surface area contributed by atoms with Crippen molar-refractivity contribution >= 4 is 11.6 Å². The number of hydrogen-bond donors (Lipinski definition) is 0. The highest BCUT2D eigenvalue weighted by atomic mass is 19.4. The second kappa shape index (κ2) is 9.86. The molecular formula is C27H29F5O. The Kier molecular flexibility index (Phi) is 7.10. The number of unbranched alkanes of at least 4 members (excludes halogenated alkanes) is 1. The molecule has 0 unspecified atom stereocenters. The third-order valence-corrected chi connectivity index (χ3v) is 7.01. The summed E-state index contributed by atoms with van der Waals surface area (Å²) < 4.78 is 71.6. The fourth-order valence-electron chi connectivity index (χ4n) is 5.28. The number of benzene rings is 2. The van der Waals surface area contributed by atoms with E-state index in [2.05, 4.69) is 11.7 Å². The van der Waals surface area contributed by atoms with Gasteiger partial charge in [0.1, 0.15) is 17.4 Å². The van der Waals surface area contributed by atoms with Crippen molar-refractivity contribution < 1.29 is 26.7 Å². The first-order valence-electron chi connectivity index (χ1n) is 11.8. The van der Waals surface area contributed by atoms with Gasteiger partial charge in [-0.15, -0.1) is 13.2 Å². The summed E-state index contributed by atoms with van der Waals surface area (Å²) in [5, 5.41) is 0. The van der Waals surface area contributed by atoms with Crippen molar-refractivity contribution in [1.82, 2.24) is 0 Å². The molecule has 1 saturated carbocycles. The van der Waals surface area contributed by atoms with E-state index in [1.54, 1.807) is 6.08 Å². The van der Waals surface area contributed by atoms with Crippen LogP contribution in [0.1, 0.15) is 86.5 Å². The topological polar surface area (TPSA) is 9.23 Å². The maximum absolute atomic E-state index is 15.1. The van der Waals surface area contributed by atoms with Crippen molar-refractivity contribution in [3.63, 3.8) is 0 Å². The zero-order valence-electron chi connectivity index (χ0n) is 18.8. The Morgan fingerprint density at radius 2 is 1.64 bits per heavy atom. The summed E-state index contributed by atoms with van der Waals surface area (Å²) in [6.07, 6.45) is 5.46. The lowest BCUT2D eigenvalue weighted by Gasteiger charge is -2.29. The smallest absolute Gasteiger partial charge is 0.406 e. The van der Waals surface area contributed by atoms with E-state index in [-0.39, 0.29) is 17.2 Å². The summed E-state index contributed by atoms with van der Waals surface area (Å²) in [7, 11) is 0. The Hall–Kier alpha value is -2.37. The summed E-state index contributed by atoms with van der Waals surface area (Å²) in [6, 6.07) is 7.01. The number of fused-ring (bicyclic) bond motifs is 1. The highest BCUT2D eigenvalue weighted by Crippen LogP contribution is 2.40. The Morgan fingerprint density at radius 3 is 2.27 bits per heavy atom. The van der Waals surface area contributed by atoms with Gasteiger partial charge in [-0.3, -0.25) is 0 Å². The summed E-state index contributed by atoms with van der Waals surface area (Å²) in [6.45, 7) is 2.19. The molecule has 0 spiro atoms. The normalized spacial score (nSPS) is 20.8. The first-order chi connectivity index (χ1) is 15.7. The van der Waals surface area contributed by atoms with Crippen LogP contribution in [-0.4, -0.2) is 6.36 Å². The molecule has 2 aliphatic rings. The number of ether oxygens (including phenoxy) is 1. The van der Waals surface area contributed by atoms with Gasteiger partial charge in [0, 0.05) is 5.56 Å². The third-order valence-electron chi connectivity index (χ3n) is 7.01. The second-order valence-electron chi connectivity index (χ2n) is 9.30. The van der Waals surface area contributed by atoms with Gasteiger partial charge < -0.3 is 4.74 Å². The fourth-order valence-corrected chi connectivity index (χ4v) is 5.28. The number of allylic oxidation sites excluding steroid dienone is 1. The quantitative estimate of drug-likeness (QED) is 0.388. The van der Waals surface area contributed by atoms with E-state index >= 15 is 8.78 Å². The van der Waals surface area contributed by atoms with Gasteiger partial charge in [-0.1, -0.05) is 38.3 Å².